The van der Waals surface area contributed by atoms with Crippen molar-refractivity contribution in [1.29, 1.82) is 0 Å². The third-order valence-corrected chi connectivity index (χ3v) is 2.75. The van der Waals surface area contributed by atoms with Gasteiger partial charge in [-0.15, -0.1) is 0 Å². The van der Waals surface area contributed by atoms with Crippen LogP contribution in [0.25, 0.3) is 0 Å². The molecule has 3 nitrogen and oxygen atoms in total. The van der Waals surface area contributed by atoms with Crippen molar-refractivity contribution in [2.45, 2.75) is 39.8 Å². The minimum absolute atomic E-state index is 0.183. The van der Waals surface area contributed by atoms with Crippen LogP contribution < -0.4 is 15.4 Å². The maximum atomic E-state index is 5.84. The fourth-order valence-electron chi connectivity index (χ4n) is 1.89. The molecule has 0 bridgehead atoms. The minimum atomic E-state index is 0.183. The van der Waals surface area contributed by atoms with Crippen LogP contribution in [0.2, 0.25) is 0 Å². The number of anilines is 1. The second-order valence-electron chi connectivity index (χ2n) is 4.51. The van der Waals surface area contributed by atoms with Gasteiger partial charge in [0.1, 0.15) is 5.75 Å². The maximum absolute atomic E-state index is 5.84. The average Bonchev–Trinajstić information content (AvgIpc) is 2.31. The highest BCUT2D eigenvalue weighted by atomic mass is 16.5. The number of nitrogens with zero attached hydrogens (tertiary/aromatic N) is 1. The molecule has 1 atom stereocenters. The molecule has 0 fully saturated rings. The van der Waals surface area contributed by atoms with Crippen molar-refractivity contribution in [1.82, 2.24) is 0 Å². The summed E-state index contributed by atoms with van der Waals surface area (Å²) < 4.78 is 5.84. The molecular weight excluding hydrogens is 212 g/mol. The number of rotatable bonds is 6. The summed E-state index contributed by atoms with van der Waals surface area (Å²) in [5, 5.41) is 0. The Hall–Kier alpha value is -1.22. The predicted octanol–water partition coefficient (Wildman–Crippen LogP) is 2.65. The monoisotopic (exact) mass is 236 g/mol. The lowest BCUT2D eigenvalue weighted by atomic mass is 10.2. The standard InChI is InChI=1S/C14H24N2O/c1-5-16(12(4)10-15)13-8-6-7-9-14(13)17-11(2)3/h6-9,11-12H,5,10,15H2,1-4H3. The van der Waals surface area contributed by atoms with Gasteiger partial charge in [0.2, 0.25) is 0 Å². The van der Waals surface area contributed by atoms with Gasteiger partial charge >= 0.3 is 0 Å². The summed E-state index contributed by atoms with van der Waals surface area (Å²) in [7, 11) is 0. The lowest BCUT2D eigenvalue weighted by Crippen LogP contribution is -2.38. The molecule has 0 spiro atoms. The van der Waals surface area contributed by atoms with Gasteiger partial charge in [0, 0.05) is 19.1 Å². The molecule has 0 saturated heterocycles. The Morgan fingerprint density at radius 2 is 1.88 bits per heavy atom. The molecule has 0 aliphatic rings. The van der Waals surface area contributed by atoms with E-state index in [0.29, 0.717) is 12.6 Å². The number of hydrogen-bond donors (Lipinski definition) is 1. The first-order valence-corrected chi connectivity index (χ1v) is 6.32. The number of hydrogen-bond acceptors (Lipinski definition) is 3. The van der Waals surface area contributed by atoms with Crippen LogP contribution in [-0.4, -0.2) is 25.2 Å². The first-order valence-electron chi connectivity index (χ1n) is 6.32. The predicted molar refractivity (Wildman–Crippen MR) is 73.7 cm³/mol. The first-order chi connectivity index (χ1) is 8.10. The molecule has 3 heteroatoms. The zero-order valence-electron chi connectivity index (χ0n) is 11.3. The summed E-state index contributed by atoms with van der Waals surface area (Å²) in [4.78, 5) is 2.28. The molecule has 0 aromatic heterocycles. The van der Waals surface area contributed by atoms with Gasteiger partial charge in [-0.3, -0.25) is 0 Å². The molecule has 17 heavy (non-hydrogen) atoms. The zero-order valence-corrected chi connectivity index (χ0v) is 11.3. The van der Waals surface area contributed by atoms with Gasteiger partial charge in [-0.1, -0.05) is 12.1 Å². The quantitative estimate of drug-likeness (QED) is 0.825. The van der Waals surface area contributed by atoms with Crippen LogP contribution in [0.5, 0.6) is 5.75 Å². The molecule has 0 amide bonds. The van der Waals surface area contributed by atoms with Crippen LogP contribution in [0, 0.1) is 0 Å². The molecule has 1 aromatic carbocycles. The molecule has 0 aliphatic heterocycles. The first kappa shape index (κ1) is 13.8. The third kappa shape index (κ3) is 3.63. The Labute approximate surface area is 105 Å². The van der Waals surface area contributed by atoms with Gasteiger partial charge in [0.15, 0.2) is 0 Å². The van der Waals surface area contributed by atoms with E-state index >= 15 is 0 Å². The van der Waals surface area contributed by atoms with Crippen molar-refractivity contribution >= 4 is 5.69 Å². The summed E-state index contributed by atoms with van der Waals surface area (Å²) in [5.41, 5.74) is 6.88. The van der Waals surface area contributed by atoms with Crippen LogP contribution in [0.4, 0.5) is 5.69 Å². The molecule has 96 valence electrons. The molecule has 0 heterocycles. The average molecular weight is 236 g/mol. The molecule has 0 saturated carbocycles. The Morgan fingerprint density at radius 1 is 1.24 bits per heavy atom. The minimum Gasteiger partial charge on any atom is -0.489 e. The van der Waals surface area contributed by atoms with E-state index in [4.69, 9.17) is 10.5 Å². The fourth-order valence-corrected chi connectivity index (χ4v) is 1.89. The summed E-state index contributed by atoms with van der Waals surface area (Å²) in [5.74, 6) is 0.935. The van der Waals surface area contributed by atoms with Gasteiger partial charge in [-0.05, 0) is 39.8 Å². The van der Waals surface area contributed by atoms with Crippen molar-refractivity contribution < 1.29 is 4.74 Å². The van der Waals surface area contributed by atoms with E-state index < -0.39 is 0 Å². The van der Waals surface area contributed by atoms with Crippen LogP contribution in [-0.2, 0) is 0 Å². The Balaban J connectivity index is 3.01. The van der Waals surface area contributed by atoms with E-state index in [9.17, 15) is 0 Å². The topological polar surface area (TPSA) is 38.5 Å². The van der Waals surface area contributed by atoms with E-state index in [-0.39, 0.29) is 6.10 Å². The van der Waals surface area contributed by atoms with Crippen molar-refractivity contribution in [2.24, 2.45) is 5.73 Å². The third-order valence-electron chi connectivity index (χ3n) is 2.75. The molecule has 2 N–H and O–H groups in total. The smallest absolute Gasteiger partial charge is 0.142 e. The van der Waals surface area contributed by atoms with Gasteiger partial charge in [0.05, 0.1) is 11.8 Å². The van der Waals surface area contributed by atoms with Crippen molar-refractivity contribution in [2.75, 3.05) is 18.0 Å². The van der Waals surface area contributed by atoms with Crippen LogP contribution in [0.3, 0.4) is 0 Å². The van der Waals surface area contributed by atoms with E-state index in [2.05, 4.69) is 24.8 Å². The lowest BCUT2D eigenvalue weighted by Gasteiger charge is -2.31. The SMILES string of the molecule is CCN(c1ccccc1OC(C)C)C(C)CN. The van der Waals surface area contributed by atoms with E-state index in [1.54, 1.807) is 0 Å². The zero-order chi connectivity index (χ0) is 12.8. The number of para-hydroxylation sites is 2. The summed E-state index contributed by atoms with van der Waals surface area (Å²) in [6, 6.07) is 8.46. The maximum Gasteiger partial charge on any atom is 0.142 e. The van der Waals surface area contributed by atoms with E-state index in [1.165, 1.54) is 0 Å². The molecule has 1 rings (SSSR count). The molecular formula is C14H24N2O. The number of likely N-dealkylation sites (N-methyl/N-ethyl adjacent to an activating group) is 1. The Kier molecular flexibility index (Phi) is 5.29. The van der Waals surface area contributed by atoms with Gasteiger partial charge in [0.25, 0.3) is 0 Å². The van der Waals surface area contributed by atoms with Gasteiger partial charge in [-0.2, -0.15) is 0 Å². The summed E-state index contributed by atoms with van der Waals surface area (Å²) >= 11 is 0. The number of nitrogens with two attached hydrogens (primary N) is 1. The van der Waals surface area contributed by atoms with Crippen molar-refractivity contribution in [3.8, 4) is 5.75 Å². The molecule has 1 unspecified atom stereocenters. The van der Waals surface area contributed by atoms with Crippen molar-refractivity contribution in [3.05, 3.63) is 24.3 Å². The number of benzene rings is 1. The summed E-state index contributed by atoms with van der Waals surface area (Å²) in [6.07, 6.45) is 0.183. The van der Waals surface area contributed by atoms with Crippen LogP contribution in [0.15, 0.2) is 24.3 Å². The van der Waals surface area contributed by atoms with E-state index in [1.807, 2.05) is 32.0 Å². The Morgan fingerprint density at radius 3 is 2.41 bits per heavy atom. The number of ether oxygens (including phenoxy) is 1. The van der Waals surface area contributed by atoms with Gasteiger partial charge < -0.3 is 15.4 Å². The highest BCUT2D eigenvalue weighted by Gasteiger charge is 2.15. The highest BCUT2D eigenvalue weighted by molar-refractivity contribution is 5.59. The highest BCUT2D eigenvalue weighted by Crippen LogP contribution is 2.29. The molecule has 1 aromatic rings. The fraction of sp³-hybridized carbons (Fsp3) is 0.571. The Bertz CT molecular complexity index is 339. The molecule has 0 aliphatic carbocycles. The second kappa shape index (κ2) is 6.50. The lowest BCUT2D eigenvalue weighted by molar-refractivity contribution is 0.242. The van der Waals surface area contributed by atoms with Crippen LogP contribution >= 0.6 is 0 Å². The summed E-state index contributed by atoms with van der Waals surface area (Å²) in [6.45, 7) is 9.92. The van der Waals surface area contributed by atoms with E-state index in [0.717, 1.165) is 18.0 Å². The molecule has 0 radical (unpaired) electrons. The van der Waals surface area contributed by atoms with Gasteiger partial charge in [-0.25, -0.2) is 0 Å². The largest absolute Gasteiger partial charge is 0.489 e. The normalized spacial score (nSPS) is 12.6. The van der Waals surface area contributed by atoms with Crippen molar-refractivity contribution in [3.63, 3.8) is 0 Å². The second-order valence-corrected chi connectivity index (χ2v) is 4.51. The van der Waals surface area contributed by atoms with Crippen LogP contribution in [0.1, 0.15) is 27.7 Å².